The molecule has 1 N–H and O–H groups in total. The van der Waals surface area contributed by atoms with Crippen LogP contribution in [0.2, 0.25) is 0 Å². The van der Waals surface area contributed by atoms with Crippen LogP contribution in [0.1, 0.15) is 29.0 Å². The Balaban J connectivity index is 1.45. The Bertz CT molecular complexity index is 748. The van der Waals surface area contributed by atoms with E-state index in [4.69, 9.17) is 13.9 Å². The first-order valence-electron chi connectivity index (χ1n) is 7.51. The van der Waals surface area contributed by atoms with Crippen LogP contribution in [-0.2, 0) is 0 Å². The topological polar surface area (TPSA) is 73.1 Å². The van der Waals surface area contributed by atoms with Gasteiger partial charge in [0.2, 0.25) is 0 Å². The zero-order valence-corrected chi connectivity index (χ0v) is 12.5. The molecule has 1 amide bonds. The maximum absolute atomic E-state index is 12.1. The first-order valence-corrected chi connectivity index (χ1v) is 7.51. The van der Waals surface area contributed by atoms with Crippen LogP contribution in [-0.4, -0.2) is 25.3 Å². The average Bonchev–Trinajstić information content (AvgIpc) is 3.21. The van der Waals surface area contributed by atoms with E-state index in [1.165, 1.54) is 6.21 Å². The summed E-state index contributed by atoms with van der Waals surface area (Å²) in [6.07, 6.45) is 5.25. The van der Waals surface area contributed by atoms with Crippen LogP contribution in [0.5, 0.6) is 11.5 Å². The Morgan fingerprint density at radius 3 is 2.74 bits per heavy atom. The minimum absolute atomic E-state index is 0.175. The normalized spacial score (nSPS) is 17.9. The van der Waals surface area contributed by atoms with E-state index in [0.717, 1.165) is 12.8 Å². The molecule has 1 aliphatic heterocycles. The molecule has 4 rings (SSSR count). The number of hydrogen-bond donors (Lipinski definition) is 1. The van der Waals surface area contributed by atoms with Crippen LogP contribution < -0.4 is 14.9 Å². The highest BCUT2D eigenvalue weighted by molar-refractivity contribution is 5.95. The molecule has 0 saturated heterocycles. The lowest BCUT2D eigenvalue weighted by atomic mass is 10.1. The largest absolute Gasteiger partial charge is 0.489 e. The van der Waals surface area contributed by atoms with Crippen LogP contribution >= 0.6 is 0 Å². The number of rotatable bonds is 3. The molecule has 2 heterocycles. The highest BCUT2D eigenvalue weighted by Crippen LogP contribution is 2.49. The second kappa shape index (κ2) is 5.46. The fourth-order valence-corrected chi connectivity index (χ4v) is 2.43. The van der Waals surface area contributed by atoms with E-state index in [1.807, 2.05) is 0 Å². The molecule has 1 aliphatic carbocycles. The number of carbonyl (C=O) groups is 1. The van der Waals surface area contributed by atoms with Crippen molar-refractivity contribution in [3.8, 4) is 11.5 Å². The van der Waals surface area contributed by atoms with Gasteiger partial charge in [-0.05, 0) is 43.2 Å². The number of fused-ring (bicyclic) bond motifs is 1. The van der Waals surface area contributed by atoms with Crippen molar-refractivity contribution in [3.63, 3.8) is 0 Å². The van der Waals surface area contributed by atoms with Crippen LogP contribution in [0.15, 0.2) is 46.1 Å². The third kappa shape index (κ3) is 2.92. The predicted molar refractivity (Wildman–Crippen MR) is 82.9 cm³/mol. The van der Waals surface area contributed by atoms with Gasteiger partial charge in [0.25, 0.3) is 5.91 Å². The summed E-state index contributed by atoms with van der Waals surface area (Å²) in [5, 5.41) is 3.86. The molecule has 2 aliphatic rings. The molecule has 6 heteroatoms. The molecular formula is C17H16N2O4. The first-order chi connectivity index (χ1) is 11.2. The van der Waals surface area contributed by atoms with Gasteiger partial charge in [0.1, 0.15) is 5.76 Å². The summed E-state index contributed by atoms with van der Waals surface area (Å²) in [6.45, 7) is 1.32. The smallest absolute Gasteiger partial charge is 0.271 e. The maximum Gasteiger partial charge on any atom is 0.271 e. The highest BCUT2D eigenvalue weighted by atomic mass is 16.5. The van der Waals surface area contributed by atoms with Crippen molar-refractivity contribution in [3.05, 3.63) is 47.9 Å². The molecule has 1 saturated carbocycles. The van der Waals surface area contributed by atoms with Crippen molar-refractivity contribution < 1.29 is 18.7 Å². The number of nitrogens with zero attached hydrogens (tertiary/aromatic N) is 1. The van der Waals surface area contributed by atoms with Crippen LogP contribution in [0.3, 0.4) is 0 Å². The molecule has 1 aromatic heterocycles. The molecule has 118 valence electrons. The van der Waals surface area contributed by atoms with Crippen molar-refractivity contribution in [1.82, 2.24) is 5.43 Å². The number of carbonyl (C=O) groups excluding carboxylic acids is 1. The SMILES string of the molecule is O=C(N/N=C\c1ccco1)c1ccc2c(c1)OCC1(CC1)CO2. The molecule has 1 spiro atoms. The Morgan fingerprint density at radius 1 is 1.17 bits per heavy atom. The summed E-state index contributed by atoms with van der Waals surface area (Å²) in [5.41, 5.74) is 3.11. The second-order valence-electron chi connectivity index (χ2n) is 5.95. The number of hydrazone groups is 1. The summed E-state index contributed by atoms with van der Waals surface area (Å²) in [5.74, 6) is 1.55. The zero-order valence-electron chi connectivity index (χ0n) is 12.5. The van der Waals surface area contributed by atoms with Crippen molar-refractivity contribution in [2.45, 2.75) is 12.8 Å². The number of amides is 1. The lowest BCUT2D eigenvalue weighted by Crippen LogP contribution is -2.18. The Morgan fingerprint density at radius 2 is 2.00 bits per heavy atom. The first kappa shape index (κ1) is 13.9. The van der Waals surface area contributed by atoms with Crippen molar-refractivity contribution in [1.29, 1.82) is 0 Å². The minimum atomic E-state index is -0.315. The number of ether oxygens (including phenoxy) is 2. The molecule has 0 unspecified atom stereocenters. The molecule has 6 nitrogen and oxygen atoms in total. The highest BCUT2D eigenvalue weighted by Gasteiger charge is 2.46. The van der Waals surface area contributed by atoms with E-state index in [-0.39, 0.29) is 11.3 Å². The Labute approximate surface area is 133 Å². The van der Waals surface area contributed by atoms with Crippen molar-refractivity contribution >= 4 is 12.1 Å². The summed E-state index contributed by atoms with van der Waals surface area (Å²) in [4.78, 5) is 12.1. The molecule has 1 aromatic carbocycles. The maximum atomic E-state index is 12.1. The van der Waals surface area contributed by atoms with Gasteiger partial charge in [-0.15, -0.1) is 0 Å². The molecule has 0 atom stereocenters. The van der Waals surface area contributed by atoms with E-state index in [2.05, 4.69) is 10.5 Å². The van der Waals surface area contributed by atoms with E-state index < -0.39 is 0 Å². The third-order valence-electron chi connectivity index (χ3n) is 4.13. The quantitative estimate of drug-likeness (QED) is 0.698. The lowest BCUT2D eigenvalue weighted by Gasteiger charge is -2.08. The van der Waals surface area contributed by atoms with E-state index >= 15 is 0 Å². The van der Waals surface area contributed by atoms with Crippen LogP contribution in [0.4, 0.5) is 0 Å². The molecule has 2 aromatic rings. The van der Waals surface area contributed by atoms with Gasteiger partial charge in [0.15, 0.2) is 11.5 Å². The molecule has 23 heavy (non-hydrogen) atoms. The zero-order chi connectivity index (χ0) is 15.7. The average molecular weight is 312 g/mol. The van der Waals surface area contributed by atoms with E-state index in [9.17, 15) is 4.79 Å². The second-order valence-corrected chi connectivity index (χ2v) is 5.95. The molecular weight excluding hydrogens is 296 g/mol. The summed E-state index contributed by atoms with van der Waals surface area (Å²) < 4.78 is 16.7. The summed E-state index contributed by atoms with van der Waals surface area (Å²) in [6, 6.07) is 8.65. The van der Waals surface area contributed by atoms with Crippen LogP contribution in [0, 0.1) is 5.41 Å². The third-order valence-corrected chi connectivity index (χ3v) is 4.13. The van der Waals surface area contributed by atoms with Gasteiger partial charge in [-0.25, -0.2) is 5.43 Å². The number of benzene rings is 1. The van der Waals surface area contributed by atoms with Gasteiger partial charge >= 0.3 is 0 Å². The fourth-order valence-electron chi connectivity index (χ4n) is 2.43. The minimum Gasteiger partial charge on any atom is -0.489 e. The number of furan rings is 1. The Hall–Kier alpha value is -2.76. The summed E-state index contributed by atoms with van der Waals surface area (Å²) in [7, 11) is 0. The van der Waals surface area contributed by atoms with Gasteiger partial charge < -0.3 is 13.9 Å². The van der Waals surface area contributed by atoms with Crippen LogP contribution in [0.25, 0.3) is 0 Å². The molecule has 0 bridgehead atoms. The van der Waals surface area contributed by atoms with E-state index in [0.29, 0.717) is 36.0 Å². The monoisotopic (exact) mass is 312 g/mol. The van der Waals surface area contributed by atoms with Gasteiger partial charge in [0, 0.05) is 11.0 Å². The van der Waals surface area contributed by atoms with Crippen molar-refractivity contribution in [2.24, 2.45) is 10.5 Å². The fraction of sp³-hybridized carbons (Fsp3) is 0.294. The standard InChI is InChI=1S/C17H16N2O4/c20-16(19-18-9-13-2-1-7-21-13)12-3-4-14-15(8-12)23-11-17(5-6-17)10-22-14/h1-4,7-9H,5-6,10-11H2,(H,19,20)/b18-9-. The van der Waals surface area contributed by atoms with E-state index in [1.54, 1.807) is 36.6 Å². The number of hydrogen-bond acceptors (Lipinski definition) is 5. The van der Waals surface area contributed by atoms with Crippen molar-refractivity contribution in [2.75, 3.05) is 13.2 Å². The molecule has 1 fully saturated rings. The lowest BCUT2D eigenvalue weighted by molar-refractivity contribution is 0.0954. The summed E-state index contributed by atoms with van der Waals surface area (Å²) >= 11 is 0. The van der Waals surface area contributed by atoms with Gasteiger partial charge in [-0.1, -0.05) is 0 Å². The van der Waals surface area contributed by atoms with Gasteiger partial charge in [-0.2, -0.15) is 5.10 Å². The molecule has 0 radical (unpaired) electrons. The van der Waals surface area contributed by atoms with Gasteiger partial charge in [-0.3, -0.25) is 4.79 Å². The number of nitrogens with one attached hydrogen (secondary N) is 1. The van der Waals surface area contributed by atoms with Gasteiger partial charge in [0.05, 0.1) is 25.7 Å². The predicted octanol–water partition coefficient (Wildman–Crippen LogP) is 2.59. The Kier molecular flexibility index (Phi) is 3.29.